The van der Waals surface area contributed by atoms with E-state index in [2.05, 4.69) is 12.1 Å². The molecule has 2 atom stereocenters. The van der Waals surface area contributed by atoms with Crippen LogP contribution in [0.3, 0.4) is 0 Å². The molecule has 0 aromatic heterocycles. The summed E-state index contributed by atoms with van der Waals surface area (Å²) in [5.41, 5.74) is 1.26. The second-order valence-corrected chi connectivity index (χ2v) is 7.40. The predicted octanol–water partition coefficient (Wildman–Crippen LogP) is 2.82. The molecule has 0 spiro atoms. The molecule has 2 rings (SSSR count). The van der Waals surface area contributed by atoms with Gasteiger partial charge in [-0.1, -0.05) is 45.0 Å². The molecule has 0 saturated carbocycles. The molecule has 18 heavy (non-hydrogen) atoms. The van der Waals surface area contributed by atoms with Crippen molar-refractivity contribution in [3.63, 3.8) is 0 Å². The maximum atomic E-state index is 11.6. The van der Waals surface area contributed by atoms with E-state index >= 15 is 0 Å². The molecule has 1 aliphatic carbocycles. The highest BCUT2D eigenvalue weighted by atomic mass is 32.2. The number of benzene rings is 1. The van der Waals surface area contributed by atoms with Crippen LogP contribution < -0.4 is 0 Å². The first kappa shape index (κ1) is 13.6. The molecule has 0 saturated heterocycles. The molecule has 0 aliphatic heterocycles. The van der Waals surface area contributed by atoms with E-state index in [9.17, 15) is 8.42 Å². The van der Waals surface area contributed by atoms with Crippen LogP contribution in [0.15, 0.2) is 24.3 Å². The second kappa shape index (κ2) is 3.81. The Labute approximate surface area is 109 Å². The van der Waals surface area contributed by atoms with E-state index in [1.807, 2.05) is 39.8 Å². The van der Waals surface area contributed by atoms with E-state index in [-0.39, 0.29) is 11.3 Å². The molecule has 0 bridgehead atoms. The standard InChI is InChI=1S/C14H20O3S/c1-10-11-8-6-7-9-12(11)13(2,3)14(10,4)17-18(5,15)16/h6-10H,1-5H3. The highest BCUT2D eigenvalue weighted by Gasteiger charge is 2.56. The van der Waals surface area contributed by atoms with Crippen LogP contribution in [0.2, 0.25) is 0 Å². The van der Waals surface area contributed by atoms with Crippen LogP contribution in [-0.4, -0.2) is 20.3 Å². The third-order valence-corrected chi connectivity index (χ3v) is 5.14. The SMILES string of the molecule is CC1c2ccccc2C(C)(C)C1(C)OS(C)(=O)=O. The molecule has 0 amide bonds. The Hall–Kier alpha value is -0.870. The quantitative estimate of drug-likeness (QED) is 0.775. The first-order valence-electron chi connectivity index (χ1n) is 6.09. The molecule has 0 radical (unpaired) electrons. The summed E-state index contributed by atoms with van der Waals surface area (Å²) in [6.07, 6.45) is 1.12. The molecule has 0 N–H and O–H groups in total. The number of hydrogen-bond donors (Lipinski definition) is 0. The van der Waals surface area contributed by atoms with E-state index in [1.165, 1.54) is 11.1 Å². The largest absolute Gasteiger partial charge is 0.264 e. The summed E-state index contributed by atoms with van der Waals surface area (Å²) in [5, 5.41) is 0. The van der Waals surface area contributed by atoms with Gasteiger partial charge in [-0.25, -0.2) is 0 Å². The van der Waals surface area contributed by atoms with E-state index < -0.39 is 15.7 Å². The Morgan fingerprint density at radius 3 is 2.22 bits per heavy atom. The Morgan fingerprint density at radius 1 is 1.17 bits per heavy atom. The zero-order valence-corrected chi connectivity index (χ0v) is 12.3. The molecular formula is C14H20O3S. The van der Waals surface area contributed by atoms with Crippen LogP contribution in [-0.2, 0) is 19.7 Å². The van der Waals surface area contributed by atoms with Crippen molar-refractivity contribution < 1.29 is 12.6 Å². The fraction of sp³-hybridized carbons (Fsp3) is 0.571. The van der Waals surface area contributed by atoms with Crippen LogP contribution in [0.5, 0.6) is 0 Å². The van der Waals surface area contributed by atoms with Gasteiger partial charge in [0.05, 0.1) is 6.26 Å². The molecule has 1 aliphatic rings. The Kier molecular flexibility index (Phi) is 2.87. The van der Waals surface area contributed by atoms with Crippen LogP contribution in [0, 0.1) is 0 Å². The van der Waals surface area contributed by atoms with E-state index in [0.717, 1.165) is 6.26 Å². The number of rotatable bonds is 2. The fourth-order valence-corrected chi connectivity index (χ4v) is 4.02. The lowest BCUT2D eigenvalue weighted by molar-refractivity contribution is 0.0198. The van der Waals surface area contributed by atoms with E-state index in [1.54, 1.807) is 0 Å². The molecule has 0 heterocycles. The molecular weight excluding hydrogens is 248 g/mol. The van der Waals surface area contributed by atoms with Gasteiger partial charge in [0.25, 0.3) is 10.1 Å². The van der Waals surface area contributed by atoms with Crippen LogP contribution in [0.25, 0.3) is 0 Å². The van der Waals surface area contributed by atoms with Gasteiger partial charge in [-0.05, 0) is 18.1 Å². The van der Waals surface area contributed by atoms with Crippen molar-refractivity contribution in [1.82, 2.24) is 0 Å². The van der Waals surface area contributed by atoms with Gasteiger partial charge in [-0.2, -0.15) is 8.42 Å². The number of hydrogen-bond acceptors (Lipinski definition) is 3. The van der Waals surface area contributed by atoms with Gasteiger partial charge in [0.1, 0.15) is 5.60 Å². The van der Waals surface area contributed by atoms with Gasteiger partial charge in [0.15, 0.2) is 0 Å². The lowest BCUT2D eigenvalue weighted by atomic mass is 9.73. The van der Waals surface area contributed by atoms with Gasteiger partial charge in [-0.3, -0.25) is 4.18 Å². The predicted molar refractivity (Wildman–Crippen MR) is 72.2 cm³/mol. The van der Waals surface area contributed by atoms with Crippen molar-refractivity contribution in [2.45, 2.75) is 44.6 Å². The first-order chi connectivity index (χ1) is 8.09. The van der Waals surface area contributed by atoms with Crippen LogP contribution >= 0.6 is 0 Å². The smallest absolute Gasteiger partial charge is 0.262 e. The maximum absolute atomic E-state index is 11.6. The highest BCUT2D eigenvalue weighted by Crippen LogP contribution is 2.55. The molecule has 100 valence electrons. The summed E-state index contributed by atoms with van der Waals surface area (Å²) < 4.78 is 28.6. The molecule has 0 fully saturated rings. The van der Waals surface area contributed by atoms with Crippen molar-refractivity contribution in [2.24, 2.45) is 0 Å². The average Bonchev–Trinajstić information content (AvgIpc) is 2.37. The Balaban J connectivity index is 2.60. The minimum absolute atomic E-state index is 0.0402. The summed E-state index contributed by atoms with van der Waals surface area (Å²) >= 11 is 0. The highest BCUT2D eigenvalue weighted by molar-refractivity contribution is 7.86. The summed E-state index contributed by atoms with van der Waals surface area (Å²) in [6.45, 7) is 8.00. The van der Waals surface area contributed by atoms with Gasteiger partial charge >= 0.3 is 0 Å². The van der Waals surface area contributed by atoms with Gasteiger partial charge in [0.2, 0.25) is 0 Å². The summed E-state index contributed by atoms with van der Waals surface area (Å²) in [6, 6.07) is 8.08. The topological polar surface area (TPSA) is 43.4 Å². The van der Waals surface area contributed by atoms with E-state index in [0.29, 0.717) is 0 Å². The third kappa shape index (κ3) is 1.79. The van der Waals surface area contributed by atoms with Crippen molar-refractivity contribution in [3.8, 4) is 0 Å². The third-order valence-electron chi connectivity index (χ3n) is 4.49. The van der Waals surface area contributed by atoms with Gasteiger partial charge in [-0.15, -0.1) is 0 Å². The van der Waals surface area contributed by atoms with Gasteiger partial charge < -0.3 is 0 Å². The zero-order chi connectivity index (χ0) is 13.8. The summed E-state index contributed by atoms with van der Waals surface area (Å²) in [4.78, 5) is 0. The first-order valence-corrected chi connectivity index (χ1v) is 7.91. The Morgan fingerprint density at radius 2 is 1.72 bits per heavy atom. The summed E-state index contributed by atoms with van der Waals surface area (Å²) in [5.74, 6) is 0.0402. The molecule has 4 heteroatoms. The maximum Gasteiger partial charge on any atom is 0.264 e. The average molecular weight is 268 g/mol. The molecule has 1 aromatic carbocycles. The zero-order valence-electron chi connectivity index (χ0n) is 11.5. The molecule has 2 unspecified atom stereocenters. The summed E-state index contributed by atoms with van der Waals surface area (Å²) in [7, 11) is -3.49. The van der Waals surface area contributed by atoms with E-state index in [4.69, 9.17) is 4.18 Å². The molecule has 1 aromatic rings. The van der Waals surface area contributed by atoms with Crippen molar-refractivity contribution >= 4 is 10.1 Å². The lowest BCUT2D eigenvalue weighted by Gasteiger charge is -2.40. The fourth-order valence-electron chi connectivity index (χ4n) is 3.04. The minimum Gasteiger partial charge on any atom is -0.262 e. The van der Waals surface area contributed by atoms with Crippen LogP contribution in [0.1, 0.15) is 44.7 Å². The normalized spacial score (nSPS) is 30.2. The molecule has 3 nitrogen and oxygen atoms in total. The van der Waals surface area contributed by atoms with Crippen molar-refractivity contribution in [3.05, 3.63) is 35.4 Å². The van der Waals surface area contributed by atoms with Gasteiger partial charge in [0, 0.05) is 11.3 Å². The monoisotopic (exact) mass is 268 g/mol. The van der Waals surface area contributed by atoms with Crippen molar-refractivity contribution in [2.75, 3.05) is 6.26 Å². The lowest BCUT2D eigenvalue weighted by Crippen LogP contribution is -2.47. The minimum atomic E-state index is -3.49. The second-order valence-electron chi connectivity index (χ2n) is 5.83. The number of fused-ring (bicyclic) bond motifs is 1. The van der Waals surface area contributed by atoms with Crippen LogP contribution in [0.4, 0.5) is 0 Å². The van der Waals surface area contributed by atoms with Crippen molar-refractivity contribution in [1.29, 1.82) is 0 Å². The Bertz CT molecular complexity index is 574.